The van der Waals surface area contributed by atoms with Crippen LogP contribution in [0.4, 0.5) is 0 Å². The van der Waals surface area contributed by atoms with Crippen LogP contribution in [0.3, 0.4) is 0 Å². The van der Waals surface area contributed by atoms with E-state index in [1.165, 1.54) is 10.9 Å². The van der Waals surface area contributed by atoms with Crippen molar-refractivity contribution in [3.05, 3.63) is 46.5 Å². The second kappa shape index (κ2) is 4.29. The van der Waals surface area contributed by atoms with Gasteiger partial charge in [0.05, 0.1) is 6.42 Å². The molecule has 3 heteroatoms. The molecule has 2 aromatic rings. The number of benzene rings is 2. The molecule has 2 aromatic carbocycles. The molecule has 0 heterocycles. The number of carboxylic acid groups (broad SMARTS) is 1. The van der Waals surface area contributed by atoms with Gasteiger partial charge in [0.2, 0.25) is 0 Å². The molecule has 0 spiro atoms. The predicted molar refractivity (Wildman–Crippen MR) is 72.3 cm³/mol. The molecule has 0 bridgehead atoms. The molecule has 0 saturated carbocycles. The lowest BCUT2D eigenvalue weighted by molar-refractivity contribution is -0.137. The lowest BCUT2D eigenvalue weighted by atomic mass is 9.80. The van der Waals surface area contributed by atoms with Crippen LogP contribution in [-0.2, 0) is 11.2 Å². The van der Waals surface area contributed by atoms with Crippen LogP contribution in [0.25, 0.3) is 10.8 Å². The lowest BCUT2D eigenvalue weighted by Gasteiger charge is -2.25. The number of halogens is 1. The van der Waals surface area contributed by atoms with Gasteiger partial charge in [-0.25, -0.2) is 0 Å². The summed E-state index contributed by atoms with van der Waals surface area (Å²) in [5, 5.41) is 12.1. The van der Waals surface area contributed by atoms with E-state index in [0.717, 1.165) is 28.8 Å². The highest BCUT2D eigenvalue weighted by Gasteiger charge is 2.24. The SMILES string of the molecule is O=C(O)CC1CCc2c(Cl)ccc3cccc1c23. The standard InChI is InChI=1S/C15H13ClO2/c16-13-7-5-9-2-1-3-11-10(8-14(17)18)4-6-12(13)15(9)11/h1-3,5,7,10H,4,6,8H2,(H,17,18). The van der Waals surface area contributed by atoms with Crippen molar-refractivity contribution >= 4 is 28.3 Å². The minimum absolute atomic E-state index is 0.108. The lowest BCUT2D eigenvalue weighted by Crippen LogP contribution is -2.13. The summed E-state index contributed by atoms with van der Waals surface area (Å²) in [5.74, 6) is -0.625. The Bertz CT molecular complexity index is 634. The van der Waals surface area contributed by atoms with Crippen molar-refractivity contribution in [2.24, 2.45) is 0 Å². The molecule has 1 N–H and O–H groups in total. The minimum Gasteiger partial charge on any atom is -0.481 e. The van der Waals surface area contributed by atoms with Crippen molar-refractivity contribution < 1.29 is 9.90 Å². The maximum absolute atomic E-state index is 10.9. The molecule has 0 radical (unpaired) electrons. The maximum atomic E-state index is 10.9. The topological polar surface area (TPSA) is 37.3 Å². The summed E-state index contributed by atoms with van der Waals surface area (Å²) in [4.78, 5) is 10.9. The van der Waals surface area contributed by atoms with Crippen molar-refractivity contribution in [1.29, 1.82) is 0 Å². The summed E-state index contributed by atoms with van der Waals surface area (Å²) in [6.45, 7) is 0. The highest BCUT2D eigenvalue weighted by molar-refractivity contribution is 6.32. The van der Waals surface area contributed by atoms with E-state index < -0.39 is 5.97 Å². The molecule has 0 aromatic heterocycles. The Labute approximate surface area is 110 Å². The van der Waals surface area contributed by atoms with Gasteiger partial charge in [-0.2, -0.15) is 0 Å². The van der Waals surface area contributed by atoms with Crippen molar-refractivity contribution in [3.63, 3.8) is 0 Å². The Morgan fingerprint density at radius 3 is 2.94 bits per heavy atom. The molecule has 3 rings (SSSR count). The van der Waals surface area contributed by atoms with Crippen LogP contribution in [0.1, 0.15) is 29.9 Å². The molecule has 1 aliphatic rings. The van der Waals surface area contributed by atoms with Crippen LogP contribution in [0.2, 0.25) is 5.02 Å². The molecule has 1 atom stereocenters. The van der Waals surface area contributed by atoms with E-state index in [-0.39, 0.29) is 12.3 Å². The second-order valence-corrected chi connectivity index (χ2v) is 5.21. The van der Waals surface area contributed by atoms with Gasteiger partial charge in [0, 0.05) is 5.02 Å². The summed E-state index contributed by atoms with van der Waals surface area (Å²) < 4.78 is 0. The van der Waals surface area contributed by atoms with Gasteiger partial charge < -0.3 is 5.11 Å². The van der Waals surface area contributed by atoms with Gasteiger partial charge in [-0.1, -0.05) is 35.9 Å². The quantitative estimate of drug-likeness (QED) is 0.886. The van der Waals surface area contributed by atoms with E-state index >= 15 is 0 Å². The number of hydrogen-bond acceptors (Lipinski definition) is 1. The fourth-order valence-electron chi connectivity index (χ4n) is 2.94. The van der Waals surface area contributed by atoms with Crippen LogP contribution in [0, 0.1) is 0 Å². The molecule has 0 saturated heterocycles. The highest BCUT2D eigenvalue weighted by Crippen LogP contribution is 2.40. The average Bonchev–Trinajstić information content (AvgIpc) is 2.35. The van der Waals surface area contributed by atoms with Gasteiger partial charge >= 0.3 is 5.97 Å². The van der Waals surface area contributed by atoms with Crippen LogP contribution in [0.5, 0.6) is 0 Å². The molecule has 2 nitrogen and oxygen atoms in total. The summed E-state index contributed by atoms with van der Waals surface area (Å²) in [6, 6.07) is 10.0. The molecule has 0 amide bonds. The highest BCUT2D eigenvalue weighted by atomic mass is 35.5. The molecule has 18 heavy (non-hydrogen) atoms. The summed E-state index contributed by atoms with van der Waals surface area (Å²) in [5.41, 5.74) is 2.31. The summed E-state index contributed by atoms with van der Waals surface area (Å²) in [6.07, 6.45) is 1.93. The number of aliphatic carboxylic acids is 1. The molecule has 1 unspecified atom stereocenters. The van der Waals surface area contributed by atoms with E-state index in [1.54, 1.807) is 0 Å². The van der Waals surface area contributed by atoms with E-state index in [0.29, 0.717) is 0 Å². The van der Waals surface area contributed by atoms with Crippen LogP contribution < -0.4 is 0 Å². The minimum atomic E-state index is -0.734. The van der Waals surface area contributed by atoms with Gasteiger partial charge in [0.25, 0.3) is 0 Å². The third-order valence-corrected chi connectivity index (χ3v) is 4.09. The maximum Gasteiger partial charge on any atom is 0.303 e. The molecule has 0 fully saturated rings. The zero-order chi connectivity index (χ0) is 12.7. The summed E-state index contributed by atoms with van der Waals surface area (Å²) in [7, 11) is 0. The van der Waals surface area contributed by atoms with E-state index in [1.807, 2.05) is 24.3 Å². The van der Waals surface area contributed by atoms with Gasteiger partial charge in [-0.15, -0.1) is 0 Å². The van der Waals surface area contributed by atoms with Gasteiger partial charge in [-0.3, -0.25) is 4.79 Å². The number of hydrogen-bond donors (Lipinski definition) is 1. The van der Waals surface area contributed by atoms with E-state index in [4.69, 9.17) is 16.7 Å². The summed E-state index contributed by atoms with van der Waals surface area (Å²) >= 11 is 6.25. The first-order valence-electron chi connectivity index (χ1n) is 6.08. The van der Waals surface area contributed by atoms with Gasteiger partial charge in [0.15, 0.2) is 0 Å². The van der Waals surface area contributed by atoms with Crippen LogP contribution >= 0.6 is 11.6 Å². The van der Waals surface area contributed by atoms with E-state index in [9.17, 15) is 4.79 Å². The van der Waals surface area contributed by atoms with Crippen molar-refractivity contribution in [2.45, 2.75) is 25.2 Å². The largest absolute Gasteiger partial charge is 0.481 e. The Hall–Kier alpha value is -1.54. The molecular formula is C15H13ClO2. The van der Waals surface area contributed by atoms with Gasteiger partial charge in [0.1, 0.15) is 0 Å². The monoisotopic (exact) mass is 260 g/mol. The molecule has 0 aliphatic heterocycles. The molecular weight excluding hydrogens is 248 g/mol. The van der Waals surface area contributed by atoms with E-state index in [2.05, 4.69) is 6.07 Å². The van der Waals surface area contributed by atoms with Crippen LogP contribution in [-0.4, -0.2) is 11.1 Å². The van der Waals surface area contributed by atoms with Crippen molar-refractivity contribution in [1.82, 2.24) is 0 Å². The third-order valence-electron chi connectivity index (χ3n) is 3.73. The first kappa shape index (κ1) is 11.5. The average molecular weight is 261 g/mol. The Morgan fingerprint density at radius 1 is 1.33 bits per heavy atom. The van der Waals surface area contributed by atoms with Crippen molar-refractivity contribution in [2.75, 3.05) is 0 Å². The normalized spacial score (nSPS) is 17.9. The number of carbonyl (C=O) groups is 1. The Morgan fingerprint density at radius 2 is 2.17 bits per heavy atom. The first-order valence-corrected chi connectivity index (χ1v) is 6.46. The van der Waals surface area contributed by atoms with Crippen molar-refractivity contribution in [3.8, 4) is 0 Å². The number of carboxylic acids is 1. The number of aryl methyl sites for hydroxylation is 1. The fraction of sp³-hybridized carbons (Fsp3) is 0.267. The molecule has 1 aliphatic carbocycles. The zero-order valence-electron chi connectivity index (χ0n) is 9.82. The van der Waals surface area contributed by atoms with Gasteiger partial charge in [-0.05, 0) is 46.7 Å². The third kappa shape index (κ3) is 1.77. The number of rotatable bonds is 2. The Balaban J connectivity index is 2.23. The zero-order valence-corrected chi connectivity index (χ0v) is 10.6. The first-order chi connectivity index (χ1) is 8.66. The predicted octanol–water partition coefficient (Wildman–Crippen LogP) is 4.00. The Kier molecular flexibility index (Phi) is 2.75. The smallest absolute Gasteiger partial charge is 0.303 e. The second-order valence-electron chi connectivity index (χ2n) is 4.80. The van der Waals surface area contributed by atoms with Crippen LogP contribution in [0.15, 0.2) is 30.3 Å². The fourth-order valence-corrected chi connectivity index (χ4v) is 3.19. The molecule has 92 valence electrons.